The number of aliphatic hydroxyl groups is 1. The van der Waals surface area contributed by atoms with Crippen molar-refractivity contribution in [2.75, 3.05) is 6.61 Å². The van der Waals surface area contributed by atoms with E-state index in [2.05, 4.69) is 22.6 Å². The molecule has 0 unspecified atom stereocenters. The maximum atomic E-state index is 13.0. The fourth-order valence-corrected chi connectivity index (χ4v) is 1.41. The Hall–Kier alpha value is 0.0900. The van der Waals surface area contributed by atoms with Crippen molar-refractivity contribution in [3.8, 4) is 0 Å². The Morgan fingerprint density at radius 1 is 1.54 bits per heavy atom. The molecule has 13 heavy (non-hydrogen) atoms. The molecule has 0 aliphatic rings. The minimum atomic E-state index is -0.625. The molecule has 0 radical (unpaired) electrons. The third-order valence-electron chi connectivity index (χ3n) is 1.55. The van der Waals surface area contributed by atoms with Crippen molar-refractivity contribution in [3.05, 3.63) is 33.1 Å². The summed E-state index contributed by atoms with van der Waals surface area (Å²) in [5.74, 6) is -0.364. The van der Waals surface area contributed by atoms with Gasteiger partial charge in [0.15, 0.2) is 0 Å². The zero-order chi connectivity index (χ0) is 9.14. The lowest BCUT2D eigenvalue weighted by atomic mass is 10.1. The smallest absolute Gasteiger partial charge is 0.128 e. The van der Waals surface area contributed by atoms with E-state index in [9.17, 15) is 4.39 Å². The molecule has 3 N–H and O–H groups in total. The first kappa shape index (κ1) is 13.1. The van der Waals surface area contributed by atoms with Gasteiger partial charge in [0.2, 0.25) is 0 Å². The van der Waals surface area contributed by atoms with Gasteiger partial charge in [-0.15, -0.1) is 12.4 Å². The third kappa shape index (κ3) is 3.38. The zero-order valence-electron chi connectivity index (χ0n) is 6.71. The Bertz CT molecular complexity index is 285. The third-order valence-corrected chi connectivity index (χ3v) is 2.23. The van der Waals surface area contributed by atoms with Crippen molar-refractivity contribution in [1.29, 1.82) is 0 Å². The lowest BCUT2D eigenvalue weighted by molar-refractivity contribution is 0.265. The van der Waals surface area contributed by atoms with Crippen molar-refractivity contribution in [1.82, 2.24) is 0 Å². The SMILES string of the molecule is Cl.N[C@@H](CO)c1cc(I)ccc1F. The van der Waals surface area contributed by atoms with Crippen LogP contribution in [0.5, 0.6) is 0 Å². The van der Waals surface area contributed by atoms with Gasteiger partial charge in [0.05, 0.1) is 12.6 Å². The molecule has 0 heterocycles. The van der Waals surface area contributed by atoms with E-state index in [1.165, 1.54) is 6.07 Å². The largest absolute Gasteiger partial charge is 0.394 e. The van der Waals surface area contributed by atoms with Crippen LogP contribution < -0.4 is 5.73 Å². The van der Waals surface area contributed by atoms with E-state index in [1.807, 2.05) is 0 Å². The van der Waals surface area contributed by atoms with Crippen molar-refractivity contribution in [2.45, 2.75) is 6.04 Å². The molecule has 2 nitrogen and oxygen atoms in total. The van der Waals surface area contributed by atoms with Crippen LogP contribution in [0.1, 0.15) is 11.6 Å². The van der Waals surface area contributed by atoms with Crippen LogP contribution in [0.3, 0.4) is 0 Å². The first-order valence-electron chi connectivity index (χ1n) is 3.46. The van der Waals surface area contributed by atoms with E-state index < -0.39 is 6.04 Å². The molecule has 0 aromatic heterocycles. The number of halogens is 3. The number of hydrogen-bond acceptors (Lipinski definition) is 2. The van der Waals surface area contributed by atoms with Gasteiger partial charge in [-0.1, -0.05) is 0 Å². The summed E-state index contributed by atoms with van der Waals surface area (Å²) in [7, 11) is 0. The van der Waals surface area contributed by atoms with Gasteiger partial charge in [-0.2, -0.15) is 0 Å². The van der Waals surface area contributed by atoms with Crippen molar-refractivity contribution >= 4 is 35.0 Å². The van der Waals surface area contributed by atoms with Gasteiger partial charge < -0.3 is 10.8 Å². The van der Waals surface area contributed by atoms with E-state index in [0.717, 1.165) is 3.57 Å². The van der Waals surface area contributed by atoms with Gasteiger partial charge >= 0.3 is 0 Å². The molecular weight excluding hydrogens is 307 g/mol. The monoisotopic (exact) mass is 317 g/mol. The predicted molar refractivity (Wildman–Crippen MR) is 60.4 cm³/mol. The lowest BCUT2D eigenvalue weighted by Crippen LogP contribution is -2.16. The van der Waals surface area contributed by atoms with E-state index in [-0.39, 0.29) is 24.8 Å². The van der Waals surface area contributed by atoms with Crippen LogP contribution in [0.4, 0.5) is 4.39 Å². The van der Waals surface area contributed by atoms with Crippen LogP contribution in [-0.2, 0) is 0 Å². The second kappa shape index (κ2) is 5.74. The molecule has 0 fully saturated rings. The van der Waals surface area contributed by atoms with Gasteiger partial charge in [0, 0.05) is 9.13 Å². The zero-order valence-corrected chi connectivity index (χ0v) is 9.68. The van der Waals surface area contributed by atoms with Gasteiger partial charge in [0.25, 0.3) is 0 Å². The van der Waals surface area contributed by atoms with E-state index in [4.69, 9.17) is 10.8 Å². The van der Waals surface area contributed by atoms with Crippen molar-refractivity contribution < 1.29 is 9.50 Å². The molecule has 5 heteroatoms. The summed E-state index contributed by atoms with van der Waals surface area (Å²) in [6.45, 7) is -0.239. The number of rotatable bonds is 2. The lowest BCUT2D eigenvalue weighted by Gasteiger charge is -2.09. The van der Waals surface area contributed by atoms with Crippen molar-refractivity contribution in [3.63, 3.8) is 0 Å². The highest BCUT2D eigenvalue weighted by molar-refractivity contribution is 14.1. The van der Waals surface area contributed by atoms with Crippen LogP contribution in [0.25, 0.3) is 0 Å². The summed E-state index contributed by atoms with van der Waals surface area (Å²) in [6.07, 6.45) is 0. The molecule has 0 saturated carbocycles. The number of nitrogens with two attached hydrogens (primary N) is 1. The van der Waals surface area contributed by atoms with Crippen molar-refractivity contribution in [2.24, 2.45) is 5.73 Å². The Balaban J connectivity index is 0.00000144. The molecule has 1 aromatic carbocycles. The Kier molecular flexibility index (Phi) is 5.78. The summed E-state index contributed by atoms with van der Waals surface area (Å²) >= 11 is 2.07. The number of aliphatic hydroxyl groups excluding tert-OH is 1. The summed E-state index contributed by atoms with van der Waals surface area (Å²) < 4.78 is 13.9. The van der Waals surface area contributed by atoms with E-state index >= 15 is 0 Å². The fraction of sp³-hybridized carbons (Fsp3) is 0.250. The Labute approximate surface area is 95.9 Å². The molecule has 0 saturated heterocycles. The molecular formula is C8H10ClFINO. The average molecular weight is 318 g/mol. The molecule has 1 aromatic rings. The van der Waals surface area contributed by atoms with Gasteiger partial charge in [-0.25, -0.2) is 4.39 Å². The van der Waals surface area contributed by atoms with Crippen LogP contribution in [0.2, 0.25) is 0 Å². The minimum Gasteiger partial charge on any atom is -0.394 e. The molecule has 1 rings (SSSR count). The molecule has 0 spiro atoms. The topological polar surface area (TPSA) is 46.2 Å². The van der Waals surface area contributed by atoms with Gasteiger partial charge in [-0.3, -0.25) is 0 Å². The summed E-state index contributed by atoms with van der Waals surface area (Å²) in [4.78, 5) is 0. The van der Waals surface area contributed by atoms with Crippen LogP contribution in [0.15, 0.2) is 18.2 Å². The highest BCUT2D eigenvalue weighted by atomic mass is 127. The van der Waals surface area contributed by atoms with Gasteiger partial charge in [0.1, 0.15) is 5.82 Å². The highest BCUT2D eigenvalue weighted by Crippen LogP contribution is 2.17. The molecule has 0 aliphatic heterocycles. The predicted octanol–water partition coefficient (Wildman–Crippen LogP) is 1.84. The summed E-state index contributed by atoms with van der Waals surface area (Å²) in [5, 5.41) is 8.71. The Morgan fingerprint density at radius 3 is 2.69 bits per heavy atom. The molecule has 0 bridgehead atoms. The number of hydrogen-bond donors (Lipinski definition) is 2. The van der Waals surface area contributed by atoms with E-state index in [0.29, 0.717) is 5.56 Å². The normalized spacial score (nSPS) is 12.0. The maximum absolute atomic E-state index is 13.0. The van der Waals surface area contributed by atoms with Crippen LogP contribution in [0, 0.1) is 9.39 Å². The molecule has 74 valence electrons. The van der Waals surface area contributed by atoms with Crippen LogP contribution in [-0.4, -0.2) is 11.7 Å². The molecule has 1 atom stereocenters. The summed E-state index contributed by atoms with van der Waals surface area (Å²) in [5.41, 5.74) is 5.84. The first-order chi connectivity index (χ1) is 5.65. The standard InChI is InChI=1S/C8H9FINO.ClH/c9-7-2-1-5(10)3-6(7)8(11)4-12;/h1-3,8,12H,4,11H2;1H/t8-;/m0./s1. The summed E-state index contributed by atoms with van der Waals surface area (Å²) in [6, 6.07) is 4.02. The first-order valence-corrected chi connectivity index (χ1v) is 4.54. The minimum absolute atomic E-state index is 0. The van der Waals surface area contributed by atoms with Crippen LogP contribution >= 0.6 is 35.0 Å². The molecule has 0 amide bonds. The average Bonchev–Trinajstić information content (AvgIpc) is 2.08. The van der Waals surface area contributed by atoms with Gasteiger partial charge in [-0.05, 0) is 40.8 Å². The Morgan fingerprint density at radius 2 is 2.15 bits per heavy atom. The number of benzene rings is 1. The maximum Gasteiger partial charge on any atom is 0.128 e. The second-order valence-corrected chi connectivity index (χ2v) is 3.70. The quantitative estimate of drug-likeness (QED) is 0.818. The fourth-order valence-electron chi connectivity index (χ4n) is 0.897. The highest BCUT2D eigenvalue weighted by Gasteiger charge is 2.09. The second-order valence-electron chi connectivity index (χ2n) is 2.45. The van der Waals surface area contributed by atoms with E-state index in [1.54, 1.807) is 12.1 Å². The molecule has 0 aliphatic carbocycles.